The third-order valence-electron chi connectivity index (χ3n) is 9.48. The van der Waals surface area contributed by atoms with Gasteiger partial charge in [0.15, 0.2) is 0 Å². The molecule has 246 valence electrons. The molecule has 7 rings (SSSR count). The van der Waals surface area contributed by atoms with E-state index in [1.165, 1.54) is 4.90 Å². The minimum absolute atomic E-state index is 0.0970. The van der Waals surface area contributed by atoms with E-state index in [0.717, 1.165) is 10.9 Å². The van der Waals surface area contributed by atoms with Crippen molar-refractivity contribution >= 4 is 38.6 Å². The number of nitrogens with zero attached hydrogens (tertiary/aromatic N) is 2. The molecule has 5 atom stereocenters. The fraction of sp³-hybridized carbons (Fsp3) is 0.412. The number of nitrogens with one attached hydrogen (secondary N) is 2. The lowest BCUT2D eigenvalue weighted by molar-refractivity contribution is -0.140. The molecule has 3 amide bonds. The molecule has 13 heteroatoms. The topological polar surface area (TPSA) is 170 Å². The van der Waals surface area contributed by atoms with Crippen molar-refractivity contribution in [2.45, 2.75) is 67.5 Å². The number of amides is 3. The average molecular weight is 660 g/mol. The first-order valence-electron chi connectivity index (χ1n) is 15.9. The number of fused-ring (bicyclic) bond motifs is 3. The summed E-state index contributed by atoms with van der Waals surface area (Å²) in [5.41, 5.74) is 7.12. The Balaban J connectivity index is 1.19. The van der Waals surface area contributed by atoms with Gasteiger partial charge >= 0.3 is 0 Å². The highest BCUT2D eigenvalue weighted by Gasteiger charge is 2.62. The standard InChI is InChI=1S/C34H37N5O7S/c1-45-22-11-14-25-28(15-22)36-27(20-7-3-2-4-8-20)17-30(25)46-23-16-29-31(40)37-34(33(42)38-47(43,44)24-12-13-24)18-21(34)9-5-6-10-26(35)32(41)39(29)19-23/h2-5,7-9,11,14-15,17,21,23-24,26,29H,6,10,12-13,16,18-19,35H2,1H3,(H,37,40)(H,38,42)/b9-5-/t21-,23-,26+,29+,34-/m1/s1. The highest BCUT2D eigenvalue weighted by molar-refractivity contribution is 7.91. The first-order chi connectivity index (χ1) is 22.6. The van der Waals surface area contributed by atoms with Gasteiger partial charge in [0.05, 0.1) is 36.2 Å². The van der Waals surface area contributed by atoms with Gasteiger partial charge in [-0.1, -0.05) is 42.5 Å². The number of ether oxygens (including phenoxy) is 2. The number of benzene rings is 2. The van der Waals surface area contributed by atoms with Crippen LogP contribution >= 0.6 is 0 Å². The molecule has 47 heavy (non-hydrogen) atoms. The Bertz CT molecular complexity index is 1880. The van der Waals surface area contributed by atoms with Crippen molar-refractivity contribution in [1.82, 2.24) is 19.9 Å². The molecular formula is C34H37N5O7S. The molecule has 0 radical (unpaired) electrons. The molecule has 2 saturated carbocycles. The zero-order valence-electron chi connectivity index (χ0n) is 25.9. The molecule has 3 aromatic rings. The zero-order chi connectivity index (χ0) is 32.9. The van der Waals surface area contributed by atoms with E-state index < -0.39 is 50.8 Å². The van der Waals surface area contributed by atoms with E-state index in [4.69, 9.17) is 20.2 Å². The molecule has 2 aliphatic carbocycles. The van der Waals surface area contributed by atoms with Crippen LogP contribution in [-0.4, -0.2) is 78.7 Å². The van der Waals surface area contributed by atoms with E-state index >= 15 is 0 Å². The highest BCUT2D eigenvalue weighted by Crippen LogP contribution is 2.46. The van der Waals surface area contributed by atoms with E-state index in [2.05, 4.69) is 10.0 Å². The Morgan fingerprint density at radius 3 is 2.64 bits per heavy atom. The van der Waals surface area contributed by atoms with E-state index in [9.17, 15) is 22.8 Å². The number of allylic oxidation sites excluding steroid dienone is 1. The van der Waals surface area contributed by atoms with Crippen molar-refractivity contribution in [3.8, 4) is 22.8 Å². The van der Waals surface area contributed by atoms with Gasteiger partial charge in [0.25, 0.3) is 5.91 Å². The van der Waals surface area contributed by atoms with Crippen LogP contribution in [0.4, 0.5) is 0 Å². The minimum Gasteiger partial charge on any atom is -0.497 e. The molecule has 3 heterocycles. The summed E-state index contributed by atoms with van der Waals surface area (Å²) >= 11 is 0. The van der Waals surface area contributed by atoms with Gasteiger partial charge in [0.1, 0.15) is 29.2 Å². The number of hydrogen-bond donors (Lipinski definition) is 3. The van der Waals surface area contributed by atoms with Gasteiger partial charge in [0, 0.05) is 35.4 Å². The van der Waals surface area contributed by atoms with E-state index in [-0.39, 0.29) is 31.2 Å². The number of hydrogen-bond acceptors (Lipinski definition) is 9. The Kier molecular flexibility index (Phi) is 7.91. The van der Waals surface area contributed by atoms with E-state index in [1.54, 1.807) is 13.2 Å². The molecule has 3 fully saturated rings. The SMILES string of the molecule is COc1ccc2c(O[C@@H]3C[C@H]4C(=O)N[C@]5(C(=O)NS(=O)(=O)C6CC6)C[C@H]5/C=C\CC[C@H](N)C(=O)N4C3)cc(-c3ccccc3)nc2c1. The summed E-state index contributed by atoms with van der Waals surface area (Å²) in [5, 5.41) is 2.99. The summed E-state index contributed by atoms with van der Waals surface area (Å²) in [6, 6.07) is 15.2. The summed E-state index contributed by atoms with van der Waals surface area (Å²) in [6.45, 7) is 0.0970. The molecule has 0 spiro atoms. The quantitative estimate of drug-likeness (QED) is 0.323. The molecule has 12 nitrogen and oxygen atoms in total. The number of carbonyl (C=O) groups is 3. The molecule has 4 aliphatic rings. The maximum atomic E-state index is 14.0. The Hall–Kier alpha value is -4.49. The first-order valence-corrected chi connectivity index (χ1v) is 17.4. The molecular weight excluding hydrogens is 622 g/mol. The lowest BCUT2D eigenvalue weighted by Crippen LogP contribution is -2.57. The summed E-state index contributed by atoms with van der Waals surface area (Å²) in [6.07, 6.45) is 5.28. The maximum absolute atomic E-state index is 14.0. The first kappa shape index (κ1) is 31.1. The van der Waals surface area contributed by atoms with Crippen LogP contribution in [0.3, 0.4) is 0 Å². The van der Waals surface area contributed by atoms with Crippen LogP contribution in [0.25, 0.3) is 22.2 Å². The van der Waals surface area contributed by atoms with Gasteiger partial charge in [-0.25, -0.2) is 13.4 Å². The number of methoxy groups -OCH3 is 1. The van der Waals surface area contributed by atoms with Crippen molar-refractivity contribution in [2.75, 3.05) is 13.7 Å². The predicted molar refractivity (Wildman–Crippen MR) is 174 cm³/mol. The fourth-order valence-electron chi connectivity index (χ4n) is 6.55. The van der Waals surface area contributed by atoms with Gasteiger partial charge in [0.2, 0.25) is 21.8 Å². The molecule has 2 aliphatic heterocycles. The zero-order valence-corrected chi connectivity index (χ0v) is 26.7. The Morgan fingerprint density at radius 1 is 1.11 bits per heavy atom. The van der Waals surface area contributed by atoms with Crippen LogP contribution < -0.4 is 25.2 Å². The largest absolute Gasteiger partial charge is 0.497 e. The number of carbonyl (C=O) groups excluding carboxylic acids is 3. The average Bonchev–Trinajstić information content (AvgIpc) is 3.99. The van der Waals surface area contributed by atoms with Gasteiger partial charge < -0.3 is 25.4 Å². The van der Waals surface area contributed by atoms with Gasteiger partial charge in [-0.3, -0.25) is 19.1 Å². The summed E-state index contributed by atoms with van der Waals surface area (Å²) in [5.74, 6) is -0.909. The number of pyridine rings is 1. The van der Waals surface area contributed by atoms with Gasteiger partial charge in [-0.2, -0.15) is 0 Å². The normalized spacial score (nSPS) is 28.3. The van der Waals surface area contributed by atoms with Crippen LogP contribution in [0.5, 0.6) is 11.5 Å². The van der Waals surface area contributed by atoms with E-state index in [0.29, 0.717) is 48.4 Å². The smallest absolute Gasteiger partial charge is 0.259 e. The van der Waals surface area contributed by atoms with Crippen molar-refractivity contribution in [2.24, 2.45) is 11.7 Å². The monoisotopic (exact) mass is 659 g/mol. The molecule has 0 unspecified atom stereocenters. The van der Waals surface area contributed by atoms with Crippen LogP contribution in [0.15, 0.2) is 66.7 Å². The van der Waals surface area contributed by atoms with Crippen molar-refractivity contribution in [1.29, 1.82) is 0 Å². The Labute approximate surface area is 272 Å². The second-order valence-electron chi connectivity index (χ2n) is 12.8. The van der Waals surface area contributed by atoms with Crippen LogP contribution in [-0.2, 0) is 24.4 Å². The predicted octanol–water partition coefficient (Wildman–Crippen LogP) is 2.42. The van der Waals surface area contributed by atoms with Crippen LogP contribution in [0.1, 0.15) is 38.5 Å². The second kappa shape index (κ2) is 11.9. The van der Waals surface area contributed by atoms with Gasteiger partial charge in [-0.05, 0) is 44.2 Å². The summed E-state index contributed by atoms with van der Waals surface area (Å²) < 4.78 is 39.5. The summed E-state index contributed by atoms with van der Waals surface area (Å²) in [7, 11) is -2.24. The van der Waals surface area contributed by atoms with Crippen molar-refractivity contribution < 1.29 is 32.3 Å². The number of aromatic nitrogens is 1. The molecule has 0 bridgehead atoms. The van der Waals surface area contributed by atoms with Crippen molar-refractivity contribution in [3.63, 3.8) is 0 Å². The second-order valence-corrected chi connectivity index (χ2v) is 14.8. The molecule has 2 aromatic carbocycles. The maximum Gasteiger partial charge on any atom is 0.259 e. The van der Waals surface area contributed by atoms with Crippen LogP contribution in [0.2, 0.25) is 0 Å². The molecule has 4 N–H and O–H groups in total. The third kappa shape index (κ3) is 6.05. The molecule has 1 aromatic heterocycles. The van der Waals surface area contributed by atoms with Crippen molar-refractivity contribution in [3.05, 3.63) is 66.7 Å². The van der Waals surface area contributed by atoms with Crippen LogP contribution in [0, 0.1) is 5.92 Å². The lowest BCUT2D eigenvalue weighted by Gasteiger charge is -2.28. The summed E-state index contributed by atoms with van der Waals surface area (Å²) in [4.78, 5) is 47.3. The lowest BCUT2D eigenvalue weighted by atomic mass is 10.1. The minimum atomic E-state index is -3.83. The number of sulfonamides is 1. The number of nitrogens with two attached hydrogens (primary N) is 1. The Morgan fingerprint density at radius 2 is 1.89 bits per heavy atom. The molecule has 1 saturated heterocycles. The third-order valence-corrected chi connectivity index (χ3v) is 11.3. The number of rotatable bonds is 7. The van der Waals surface area contributed by atoms with E-state index in [1.807, 2.05) is 60.7 Å². The van der Waals surface area contributed by atoms with Gasteiger partial charge in [-0.15, -0.1) is 0 Å². The fourth-order valence-corrected chi connectivity index (χ4v) is 7.92. The highest BCUT2D eigenvalue weighted by atomic mass is 32.2.